The second-order valence-corrected chi connectivity index (χ2v) is 4.90. The predicted molar refractivity (Wildman–Crippen MR) is 78.1 cm³/mol. The van der Waals surface area contributed by atoms with E-state index in [0.29, 0.717) is 5.69 Å². The average Bonchev–Trinajstić information content (AvgIpc) is 2.79. The first kappa shape index (κ1) is 15.0. The second kappa shape index (κ2) is 5.95. The molecule has 1 atom stereocenters. The number of nitrogens with one attached hydrogen (secondary N) is 2. The summed E-state index contributed by atoms with van der Waals surface area (Å²) in [5.41, 5.74) is 2.96. The highest BCUT2D eigenvalue weighted by molar-refractivity contribution is 5.97. The highest BCUT2D eigenvalue weighted by Crippen LogP contribution is 2.28. The van der Waals surface area contributed by atoms with E-state index >= 15 is 0 Å². The molecule has 0 spiro atoms. The van der Waals surface area contributed by atoms with Gasteiger partial charge in [0.05, 0.1) is 24.4 Å². The van der Waals surface area contributed by atoms with Crippen molar-refractivity contribution in [3.05, 3.63) is 41.0 Å². The van der Waals surface area contributed by atoms with Gasteiger partial charge in [0, 0.05) is 17.3 Å². The van der Waals surface area contributed by atoms with Crippen molar-refractivity contribution in [2.45, 2.75) is 26.7 Å². The number of amides is 1. The molecule has 0 radical (unpaired) electrons. The van der Waals surface area contributed by atoms with E-state index in [1.165, 1.54) is 25.3 Å². The van der Waals surface area contributed by atoms with E-state index in [2.05, 4.69) is 15.5 Å². The zero-order chi connectivity index (χ0) is 15.6. The molecule has 21 heavy (non-hydrogen) atoms. The first-order valence-corrected chi connectivity index (χ1v) is 6.60. The number of aromatic amines is 1. The summed E-state index contributed by atoms with van der Waals surface area (Å²) in [4.78, 5) is 12.4. The van der Waals surface area contributed by atoms with Crippen LogP contribution in [0.4, 0.5) is 10.1 Å². The van der Waals surface area contributed by atoms with E-state index in [0.717, 1.165) is 17.0 Å². The first-order chi connectivity index (χ1) is 9.93. The lowest BCUT2D eigenvalue weighted by atomic mass is 9.98. The van der Waals surface area contributed by atoms with Gasteiger partial charge in [-0.1, -0.05) is 0 Å². The summed E-state index contributed by atoms with van der Waals surface area (Å²) in [6, 6.07) is 3.99. The van der Waals surface area contributed by atoms with Gasteiger partial charge >= 0.3 is 0 Å². The summed E-state index contributed by atoms with van der Waals surface area (Å²) in [5, 5.41) is 9.71. The number of aromatic nitrogens is 2. The maximum absolute atomic E-state index is 13.2. The van der Waals surface area contributed by atoms with Gasteiger partial charge < -0.3 is 10.1 Å². The number of hydrogen-bond donors (Lipinski definition) is 2. The van der Waals surface area contributed by atoms with Crippen molar-refractivity contribution < 1.29 is 13.9 Å². The molecule has 1 aromatic heterocycles. The fourth-order valence-corrected chi connectivity index (χ4v) is 2.34. The normalized spacial score (nSPS) is 12.0. The predicted octanol–water partition coefficient (Wildman–Crippen LogP) is 2.92. The van der Waals surface area contributed by atoms with Gasteiger partial charge in [0.2, 0.25) is 5.91 Å². The highest BCUT2D eigenvalue weighted by Gasteiger charge is 2.22. The SMILES string of the molecule is COc1cc(F)ccc1NC(=O)C(C)c1c(C)n[nH]c1C. The Hall–Kier alpha value is -2.37. The third-order valence-electron chi connectivity index (χ3n) is 3.43. The van der Waals surface area contributed by atoms with Crippen LogP contribution >= 0.6 is 0 Å². The number of carbonyl (C=O) groups excluding carboxylic acids is 1. The third kappa shape index (κ3) is 3.04. The van der Waals surface area contributed by atoms with Crippen LogP contribution in [0, 0.1) is 19.7 Å². The van der Waals surface area contributed by atoms with Gasteiger partial charge in [0.25, 0.3) is 0 Å². The number of nitrogens with zero attached hydrogens (tertiary/aromatic N) is 1. The van der Waals surface area contributed by atoms with Crippen molar-refractivity contribution in [2.24, 2.45) is 0 Å². The van der Waals surface area contributed by atoms with E-state index in [4.69, 9.17) is 4.74 Å². The molecule has 1 aromatic carbocycles. The summed E-state index contributed by atoms with van der Waals surface area (Å²) >= 11 is 0. The Kier molecular flexibility index (Phi) is 4.26. The van der Waals surface area contributed by atoms with Crippen molar-refractivity contribution in [3.63, 3.8) is 0 Å². The van der Waals surface area contributed by atoms with Crippen molar-refractivity contribution >= 4 is 11.6 Å². The summed E-state index contributed by atoms with van der Waals surface area (Å²) in [6.07, 6.45) is 0. The Morgan fingerprint density at radius 2 is 2.14 bits per heavy atom. The quantitative estimate of drug-likeness (QED) is 0.910. The molecule has 1 heterocycles. The van der Waals surface area contributed by atoms with Crippen LogP contribution in [0.3, 0.4) is 0 Å². The van der Waals surface area contributed by atoms with Crippen molar-refractivity contribution in [1.82, 2.24) is 10.2 Å². The van der Waals surface area contributed by atoms with Gasteiger partial charge in [0.15, 0.2) is 0 Å². The Balaban J connectivity index is 2.22. The minimum atomic E-state index is -0.417. The summed E-state index contributed by atoms with van der Waals surface area (Å²) in [6.45, 7) is 5.52. The number of benzene rings is 1. The molecule has 0 aliphatic rings. The largest absolute Gasteiger partial charge is 0.494 e. The number of hydrogen-bond acceptors (Lipinski definition) is 3. The number of H-pyrrole nitrogens is 1. The lowest BCUT2D eigenvalue weighted by Gasteiger charge is -2.15. The Morgan fingerprint density at radius 3 is 2.71 bits per heavy atom. The number of anilines is 1. The minimum absolute atomic E-state index is 0.201. The standard InChI is InChI=1S/C15H18FN3O2/c1-8(14-9(2)18-19-10(14)3)15(20)17-12-6-5-11(16)7-13(12)21-4/h5-8H,1-4H3,(H,17,20)(H,18,19). The number of halogens is 1. The molecule has 0 bridgehead atoms. The number of rotatable bonds is 4. The molecule has 2 aromatic rings. The second-order valence-electron chi connectivity index (χ2n) is 4.90. The Morgan fingerprint density at radius 1 is 1.43 bits per heavy atom. The van der Waals surface area contributed by atoms with Gasteiger partial charge in [-0.25, -0.2) is 4.39 Å². The minimum Gasteiger partial charge on any atom is -0.494 e. The van der Waals surface area contributed by atoms with Gasteiger partial charge in [0.1, 0.15) is 11.6 Å². The summed E-state index contributed by atoms with van der Waals surface area (Å²) in [7, 11) is 1.43. The first-order valence-electron chi connectivity index (χ1n) is 6.60. The van der Waals surface area contributed by atoms with Crippen molar-refractivity contribution in [3.8, 4) is 5.75 Å². The number of aryl methyl sites for hydroxylation is 2. The monoisotopic (exact) mass is 291 g/mol. The smallest absolute Gasteiger partial charge is 0.231 e. The Bertz CT molecular complexity index is 647. The molecule has 0 fully saturated rings. The number of ether oxygens (including phenoxy) is 1. The van der Waals surface area contributed by atoms with Crippen LogP contribution in [-0.2, 0) is 4.79 Å². The summed E-state index contributed by atoms with van der Waals surface area (Å²) in [5.74, 6) is -0.707. The van der Waals surface area contributed by atoms with E-state index in [-0.39, 0.29) is 17.6 Å². The molecular formula is C15H18FN3O2. The van der Waals surface area contributed by atoms with Crippen molar-refractivity contribution in [2.75, 3.05) is 12.4 Å². The summed E-state index contributed by atoms with van der Waals surface area (Å²) < 4.78 is 18.2. The number of carbonyl (C=O) groups is 1. The van der Waals surface area contributed by atoms with E-state index in [1.807, 2.05) is 13.8 Å². The van der Waals surface area contributed by atoms with Crippen molar-refractivity contribution in [1.29, 1.82) is 0 Å². The van der Waals surface area contributed by atoms with Crippen LogP contribution in [-0.4, -0.2) is 23.2 Å². The topological polar surface area (TPSA) is 67.0 Å². The van der Waals surface area contributed by atoms with Crippen LogP contribution < -0.4 is 10.1 Å². The molecule has 1 amide bonds. The maximum atomic E-state index is 13.2. The van der Waals surface area contributed by atoms with Gasteiger partial charge in [-0.2, -0.15) is 5.10 Å². The lowest BCUT2D eigenvalue weighted by Crippen LogP contribution is -2.20. The average molecular weight is 291 g/mol. The van der Waals surface area contributed by atoms with Gasteiger partial charge in [-0.15, -0.1) is 0 Å². The lowest BCUT2D eigenvalue weighted by molar-refractivity contribution is -0.117. The van der Waals surface area contributed by atoms with E-state index in [1.54, 1.807) is 6.92 Å². The molecular weight excluding hydrogens is 273 g/mol. The zero-order valence-electron chi connectivity index (χ0n) is 12.5. The maximum Gasteiger partial charge on any atom is 0.231 e. The molecule has 0 aliphatic heterocycles. The molecule has 5 nitrogen and oxygen atoms in total. The van der Waals surface area contributed by atoms with Gasteiger partial charge in [-0.3, -0.25) is 9.89 Å². The molecule has 2 N–H and O–H groups in total. The van der Waals surface area contributed by atoms with E-state index in [9.17, 15) is 9.18 Å². The third-order valence-corrected chi connectivity index (χ3v) is 3.43. The molecule has 1 unspecified atom stereocenters. The molecule has 0 saturated heterocycles. The van der Waals surface area contributed by atoms with E-state index < -0.39 is 5.82 Å². The van der Waals surface area contributed by atoms with Crippen LogP contribution in [0.2, 0.25) is 0 Å². The van der Waals surface area contributed by atoms with Crippen LogP contribution in [0.5, 0.6) is 5.75 Å². The zero-order valence-corrected chi connectivity index (χ0v) is 12.5. The number of methoxy groups -OCH3 is 1. The molecule has 6 heteroatoms. The van der Waals surface area contributed by atoms with Crippen LogP contribution in [0.15, 0.2) is 18.2 Å². The Labute approximate surface area is 122 Å². The fraction of sp³-hybridized carbons (Fsp3) is 0.333. The van der Waals surface area contributed by atoms with Crippen LogP contribution in [0.1, 0.15) is 29.8 Å². The molecule has 0 aliphatic carbocycles. The fourth-order valence-electron chi connectivity index (χ4n) is 2.34. The molecule has 0 saturated carbocycles. The molecule has 2 rings (SSSR count). The van der Waals surface area contributed by atoms with Crippen LogP contribution in [0.25, 0.3) is 0 Å². The molecule has 112 valence electrons. The highest BCUT2D eigenvalue weighted by atomic mass is 19.1. The van der Waals surface area contributed by atoms with Gasteiger partial charge in [-0.05, 0) is 32.9 Å².